The highest BCUT2D eigenvalue weighted by atomic mass is 32.2. The molecule has 1 aliphatic carbocycles. The molecule has 0 bridgehead atoms. The van der Waals surface area contributed by atoms with Crippen molar-refractivity contribution in [3.05, 3.63) is 0 Å². The maximum atomic E-state index is 10.8. The van der Waals surface area contributed by atoms with Gasteiger partial charge >= 0.3 is 0 Å². The normalized spacial score (nSPS) is 31.2. The van der Waals surface area contributed by atoms with Crippen molar-refractivity contribution in [2.24, 2.45) is 10.9 Å². The third kappa shape index (κ3) is 4.04. The van der Waals surface area contributed by atoms with Crippen LogP contribution in [0, 0.1) is 0 Å². The van der Waals surface area contributed by atoms with Gasteiger partial charge in [-0.25, -0.2) is 5.14 Å². The molecule has 2 unspecified atom stereocenters. The molecule has 5 N–H and O–H groups in total. The molecule has 0 saturated heterocycles. The Morgan fingerprint density at radius 1 is 1.15 bits per heavy atom. The molecule has 0 aromatic rings. The molecule has 1 rings (SSSR count). The molecule has 1 aliphatic rings. The lowest BCUT2D eigenvalue weighted by Crippen LogP contribution is -2.49. The first-order chi connectivity index (χ1) is 5.99. The smallest absolute Gasteiger partial charge is 0.274 e. The standard InChI is InChI=1S/C7H17N3O2S/c8-6-4-2-1-3-5-7(6)10-13(9,11)12/h6-7,10H,1-5,8H2,(H2,9,11,12). The highest BCUT2D eigenvalue weighted by Crippen LogP contribution is 2.16. The summed E-state index contributed by atoms with van der Waals surface area (Å²) >= 11 is 0. The van der Waals surface area contributed by atoms with Crippen LogP contribution in [0.1, 0.15) is 32.1 Å². The van der Waals surface area contributed by atoms with Crippen LogP contribution in [0.2, 0.25) is 0 Å². The molecule has 0 amide bonds. The van der Waals surface area contributed by atoms with Crippen LogP contribution < -0.4 is 15.6 Å². The van der Waals surface area contributed by atoms with Gasteiger partial charge in [-0.15, -0.1) is 0 Å². The molecule has 13 heavy (non-hydrogen) atoms. The van der Waals surface area contributed by atoms with E-state index in [0.29, 0.717) is 0 Å². The lowest BCUT2D eigenvalue weighted by Gasteiger charge is -2.20. The van der Waals surface area contributed by atoms with Gasteiger partial charge in [0.15, 0.2) is 0 Å². The molecule has 1 saturated carbocycles. The number of rotatable bonds is 2. The molecule has 2 atom stereocenters. The summed E-state index contributed by atoms with van der Waals surface area (Å²) in [7, 11) is -3.60. The van der Waals surface area contributed by atoms with Gasteiger partial charge in [-0.3, -0.25) is 0 Å². The van der Waals surface area contributed by atoms with E-state index in [1.165, 1.54) is 0 Å². The average molecular weight is 207 g/mol. The van der Waals surface area contributed by atoms with Gasteiger partial charge in [-0.2, -0.15) is 13.1 Å². The highest BCUT2D eigenvalue weighted by Gasteiger charge is 2.22. The van der Waals surface area contributed by atoms with Crippen molar-refractivity contribution in [1.82, 2.24) is 4.72 Å². The van der Waals surface area contributed by atoms with Crippen LogP contribution in [0.3, 0.4) is 0 Å². The topological polar surface area (TPSA) is 98.2 Å². The molecule has 5 nitrogen and oxygen atoms in total. The summed E-state index contributed by atoms with van der Waals surface area (Å²) in [5.74, 6) is 0. The van der Waals surface area contributed by atoms with Crippen LogP contribution >= 0.6 is 0 Å². The minimum atomic E-state index is -3.60. The summed E-state index contributed by atoms with van der Waals surface area (Å²) in [4.78, 5) is 0. The van der Waals surface area contributed by atoms with E-state index in [9.17, 15) is 8.42 Å². The van der Waals surface area contributed by atoms with Gasteiger partial charge in [0.25, 0.3) is 10.2 Å². The summed E-state index contributed by atoms with van der Waals surface area (Å²) in [5.41, 5.74) is 5.80. The fraction of sp³-hybridized carbons (Fsp3) is 1.00. The number of nitrogens with one attached hydrogen (secondary N) is 1. The molecule has 0 spiro atoms. The Balaban J connectivity index is 2.55. The second kappa shape index (κ2) is 4.36. The minimum Gasteiger partial charge on any atom is -0.326 e. The van der Waals surface area contributed by atoms with E-state index in [1.807, 2.05) is 0 Å². The monoisotopic (exact) mass is 207 g/mol. The zero-order chi connectivity index (χ0) is 9.90. The van der Waals surface area contributed by atoms with Crippen molar-refractivity contribution in [3.63, 3.8) is 0 Å². The molecule has 1 fully saturated rings. The van der Waals surface area contributed by atoms with Crippen LogP contribution in [0.5, 0.6) is 0 Å². The lowest BCUT2D eigenvalue weighted by molar-refractivity contribution is 0.456. The van der Waals surface area contributed by atoms with Gasteiger partial charge in [-0.05, 0) is 12.8 Å². The van der Waals surface area contributed by atoms with Gasteiger partial charge < -0.3 is 5.73 Å². The van der Waals surface area contributed by atoms with E-state index in [4.69, 9.17) is 10.9 Å². The first-order valence-corrected chi connectivity index (χ1v) is 6.09. The van der Waals surface area contributed by atoms with E-state index in [-0.39, 0.29) is 12.1 Å². The van der Waals surface area contributed by atoms with E-state index < -0.39 is 10.2 Å². The summed E-state index contributed by atoms with van der Waals surface area (Å²) in [5, 5.41) is 4.89. The largest absolute Gasteiger partial charge is 0.326 e. The Kier molecular flexibility index (Phi) is 3.66. The molecular formula is C7H17N3O2S. The zero-order valence-electron chi connectivity index (χ0n) is 7.57. The maximum Gasteiger partial charge on any atom is 0.274 e. The van der Waals surface area contributed by atoms with Crippen LogP contribution in [-0.2, 0) is 10.2 Å². The van der Waals surface area contributed by atoms with E-state index >= 15 is 0 Å². The SMILES string of the molecule is NC1CCCCCC1NS(N)(=O)=O. The van der Waals surface area contributed by atoms with Gasteiger partial charge in [-0.1, -0.05) is 19.3 Å². The van der Waals surface area contributed by atoms with E-state index in [2.05, 4.69) is 4.72 Å². The van der Waals surface area contributed by atoms with E-state index in [0.717, 1.165) is 32.1 Å². The summed E-state index contributed by atoms with van der Waals surface area (Å²) in [6.45, 7) is 0. The summed E-state index contributed by atoms with van der Waals surface area (Å²) in [6.07, 6.45) is 4.87. The Morgan fingerprint density at radius 2 is 1.77 bits per heavy atom. The van der Waals surface area contributed by atoms with Crippen molar-refractivity contribution in [1.29, 1.82) is 0 Å². The number of nitrogens with two attached hydrogens (primary N) is 2. The second-order valence-corrected chi connectivity index (χ2v) is 4.90. The third-order valence-corrected chi connectivity index (χ3v) is 3.02. The van der Waals surface area contributed by atoms with Crippen molar-refractivity contribution in [2.45, 2.75) is 44.2 Å². The fourth-order valence-electron chi connectivity index (χ4n) is 1.69. The van der Waals surface area contributed by atoms with Gasteiger partial charge in [0.2, 0.25) is 0 Å². The Labute approximate surface area is 79.0 Å². The Hall–Kier alpha value is -0.170. The predicted molar refractivity (Wildman–Crippen MR) is 51.1 cm³/mol. The first-order valence-electron chi connectivity index (χ1n) is 4.54. The lowest BCUT2D eigenvalue weighted by atomic mass is 10.1. The molecule has 0 radical (unpaired) electrons. The third-order valence-electron chi connectivity index (χ3n) is 2.39. The zero-order valence-corrected chi connectivity index (χ0v) is 8.39. The molecule has 0 aromatic heterocycles. The van der Waals surface area contributed by atoms with Crippen molar-refractivity contribution in [2.75, 3.05) is 0 Å². The van der Waals surface area contributed by atoms with Crippen molar-refractivity contribution < 1.29 is 8.42 Å². The molecule has 0 aliphatic heterocycles. The molecule has 78 valence electrons. The molecule has 0 aromatic carbocycles. The Morgan fingerprint density at radius 3 is 2.38 bits per heavy atom. The summed E-state index contributed by atoms with van der Waals surface area (Å²) in [6, 6.07) is -0.279. The Bertz CT molecular complexity index is 252. The van der Waals surface area contributed by atoms with E-state index in [1.54, 1.807) is 0 Å². The minimum absolute atomic E-state index is 0.0965. The first kappa shape index (κ1) is 10.9. The summed E-state index contributed by atoms with van der Waals surface area (Å²) < 4.78 is 23.9. The quantitative estimate of drug-likeness (QED) is 0.529. The van der Waals surface area contributed by atoms with Crippen LogP contribution in [0.4, 0.5) is 0 Å². The van der Waals surface area contributed by atoms with Crippen molar-refractivity contribution >= 4 is 10.2 Å². The number of hydrogen-bond acceptors (Lipinski definition) is 3. The van der Waals surface area contributed by atoms with Gasteiger partial charge in [0.1, 0.15) is 0 Å². The molecular weight excluding hydrogens is 190 g/mol. The maximum absolute atomic E-state index is 10.8. The number of hydrogen-bond donors (Lipinski definition) is 3. The van der Waals surface area contributed by atoms with Gasteiger partial charge in [0, 0.05) is 12.1 Å². The van der Waals surface area contributed by atoms with Gasteiger partial charge in [0.05, 0.1) is 0 Å². The predicted octanol–water partition coefficient (Wildman–Crippen LogP) is -0.560. The molecule has 0 heterocycles. The van der Waals surface area contributed by atoms with Crippen molar-refractivity contribution in [3.8, 4) is 0 Å². The highest BCUT2D eigenvalue weighted by molar-refractivity contribution is 7.87. The molecule has 6 heteroatoms. The van der Waals surface area contributed by atoms with Crippen LogP contribution in [0.15, 0.2) is 0 Å². The average Bonchev–Trinajstić information content (AvgIpc) is 2.14. The second-order valence-electron chi connectivity index (χ2n) is 3.57. The van der Waals surface area contributed by atoms with Crippen LogP contribution in [0.25, 0.3) is 0 Å². The van der Waals surface area contributed by atoms with Crippen LogP contribution in [-0.4, -0.2) is 20.5 Å². The fourth-order valence-corrected chi connectivity index (χ4v) is 2.41.